The summed E-state index contributed by atoms with van der Waals surface area (Å²) in [6.45, 7) is 1.78. The molecule has 0 radical (unpaired) electrons. The third-order valence-corrected chi connectivity index (χ3v) is 3.21. The smallest absolute Gasteiger partial charge is 0.232 e. The van der Waals surface area contributed by atoms with Gasteiger partial charge < -0.3 is 19.2 Å². The Balaban J connectivity index is 2.18. The van der Waals surface area contributed by atoms with Gasteiger partial charge in [-0.1, -0.05) is 11.6 Å². The van der Waals surface area contributed by atoms with Crippen LogP contribution in [0, 0.1) is 6.92 Å². The molecule has 1 amide bonds. The zero-order valence-electron chi connectivity index (χ0n) is 11.9. The zero-order valence-corrected chi connectivity index (χ0v) is 12.7. The van der Waals surface area contributed by atoms with Crippen molar-refractivity contribution in [2.75, 3.05) is 19.5 Å². The minimum atomic E-state index is -0.252. The Bertz CT molecular complexity index is 654. The van der Waals surface area contributed by atoms with Crippen LogP contribution in [0.3, 0.4) is 0 Å². The van der Waals surface area contributed by atoms with E-state index in [2.05, 4.69) is 10.3 Å². The Kier molecular flexibility index (Phi) is 4.70. The molecule has 6 nitrogen and oxygen atoms in total. The van der Waals surface area contributed by atoms with Gasteiger partial charge in [0.1, 0.15) is 17.3 Å². The summed E-state index contributed by atoms with van der Waals surface area (Å²) in [5.74, 6) is 1.16. The van der Waals surface area contributed by atoms with Crippen LogP contribution in [0.1, 0.15) is 11.5 Å². The van der Waals surface area contributed by atoms with Crippen LogP contribution in [-0.4, -0.2) is 25.1 Å². The Morgan fingerprint density at radius 1 is 1.33 bits per heavy atom. The molecule has 0 aliphatic carbocycles. The SMILES string of the molecule is COc1cc(NC(=O)Cc2ocnc2C)c(OC)cc1Cl. The topological polar surface area (TPSA) is 73.6 Å². The van der Waals surface area contributed by atoms with Crippen molar-refractivity contribution in [3.8, 4) is 11.5 Å². The van der Waals surface area contributed by atoms with Crippen molar-refractivity contribution in [3.05, 3.63) is 35.0 Å². The second kappa shape index (κ2) is 6.49. The third kappa shape index (κ3) is 3.46. The minimum Gasteiger partial charge on any atom is -0.495 e. The fourth-order valence-electron chi connectivity index (χ4n) is 1.79. The Labute approximate surface area is 127 Å². The molecule has 2 aromatic rings. The highest BCUT2D eigenvalue weighted by molar-refractivity contribution is 6.32. The molecule has 0 atom stereocenters. The molecule has 0 bridgehead atoms. The van der Waals surface area contributed by atoms with Crippen molar-refractivity contribution in [1.82, 2.24) is 4.98 Å². The van der Waals surface area contributed by atoms with Crippen LogP contribution < -0.4 is 14.8 Å². The molecular weight excluding hydrogens is 296 g/mol. The maximum atomic E-state index is 12.1. The summed E-state index contributed by atoms with van der Waals surface area (Å²) in [6.07, 6.45) is 1.39. The number of carbonyl (C=O) groups is 1. The summed E-state index contributed by atoms with van der Waals surface area (Å²) in [4.78, 5) is 16.0. The number of aromatic nitrogens is 1. The quantitative estimate of drug-likeness (QED) is 0.919. The average molecular weight is 311 g/mol. The molecule has 7 heteroatoms. The maximum Gasteiger partial charge on any atom is 0.232 e. The summed E-state index contributed by atoms with van der Waals surface area (Å²) >= 11 is 6.01. The van der Waals surface area contributed by atoms with E-state index in [0.717, 1.165) is 0 Å². The van der Waals surface area contributed by atoms with Crippen LogP contribution in [0.4, 0.5) is 5.69 Å². The van der Waals surface area contributed by atoms with Gasteiger partial charge in [-0.15, -0.1) is 0 Å². The highest BCUT2D eigenvalue weighted by atomic mass is 35.5. The van der Waals surface area contributed by atoms with E-state index < -0.39 is 0 Å². The number of oxazole rings is 1. The number of anilines is 1. The first-order chi connectivity index (χ1) is 10.0. The Hall–Kier alpha value is -2.21. The van der Waals surface area contributed by atoms with Crippen molar-refractivity contribution in [1.29, 1.82) is 0 Å². The van der Waals surface area contributed by atoms with E-state index in [9.17, 15) is 4.79 Å². The maximum absolute atomic E-state index is 12.1. The number of amides is 1. The Morgan fingerprint density at radius 2 is 2.05 bits per heavy atom. The van der Waals surface area contributed by atoms with Gasteiger partial charge in [-0.2, -0.15) is 0 Å². The van der Waals surface area contributed by atoms with Crippen molar-refractivity contribution < 1.29 is 18.7 Å². The highest BCUT2D eigenvalue weighted by Crippen LogP contribution is 2.35. The first-order valence-corrected chi connectivity index (χ1v) is 6.53. The normalized spacial score (nSPS) is 10.3. The fourth-order valence-corrected chi connectivity index (χ4v) is 2.03. The van der Waals surface area contributed by atoms with E-state index >= 15 is 0 Å². The molecule has 112 valence electrons. The number of nitrogens with zero attached hydrogens (tertiary/aromatic N) is 1. The lowest BCUT2D eigenvalue weighted by molar-refractivity contribution is -0.115. The number of methoxy groups -OCH3 is 2. The van der Waals surface area contributed by atoms with Gasteiger partial charge >= 0.3 is 0 Å². The molecule has 0 saturated heterocycles. The molecule has 1 N–H and O–H groups in total. The number of halogens is 1. The molecule has 1 heterocycles. The summed E-state index contributed by atoms with van der Waals surface area (Å²) in [5.41, 5.74) is 1.16. The molecule has 1 aromatic carbocycles. The standard InChI is InChI=1S/C14H15ClN2O4/c1-8-11(21-7-16-8)6-14(18)17-10-5-12(19-2)9(15)4-13(10)20-3/h4-5,7H,6H2,1-3H3,(H,17,18). The third-order valence-electron chi connectivity index (χ3n) is 2.91. The average Bonchev–Trinajstić information content (AvgIpc) is 2.85. The summed E-state index contributed by atoms with van der Waals surface area (Å²) < 4.78 is 15.5. The lowest BCUT2D eigenvalue weighted by Gasteiger charge is -2.12. The molecule has 2 rings (SSSR count). The Morgan fingerprint density at radius 3 is 2.62 bits per heavy atom. The molecule has 1 aromatic heterocycles. The van der Waals surface area contributed by atoms with Gasteiger partial charge in [0.2, 0.25) is 5.91 Å². The second-order valence-corrected chi connectivity index (χ2v) is 4.68. The van der Waals surface area contributed by atoms with Crippen LogP contribution in [0.25, 0.3) is 0 Å². The monoisotopic (exact) mass is 310 g/mol. The van der Waals surface area contributed by atoms with Crippen molar-refractivity contribution in [3.63, 3.8) is 0 Å². The van der Waals surface area contributed by atoms with Crippen LogP contribution >= 0.6 is 11.6 Å². The lowest BCUT2D eigenvalue weighted by atomic mass is 10.2. The summed E-state index contributed by atoms with van der Waals surface area (Å²) in [7, 11) is 2.99. The van der Waals surface area contributed by atoms with E-state index in [1.54, 1.807) is 19.1 Å². The molecule has 0 fully saturated rings. The predicted octanol–water partition coefficient (Wildman–Crippen LogP) is 2.83. The van der Waals surface area contributed by atoms with Crippen molar-refractivity contribution in [2.45, 2.75) is 13.3 Å². The highest BCUT2D eigenvalue weighted by Gasteiger charge is 2.15. The number of carbonyl (C=O) groups excluding carboxylic acids is 1. The minimum absolute atomic E-state index is 0.0833. The number of hydrogen-bond donors (Lipinski definition) is 1. The predicted molar refractivity (Wildman–Crippen MR) is 78.1 cm³/mol. The molecule has 0 aliphatic heterocycles. The molecule has 0 aliphatic rings. The summed E-state index contributed by atoms with van der Waals surface area (Å²) in [6, 6.07) is 3.18. The van der Waals surface area contributed by atoms with Crippen LogP contribution in [0.2, 0.25) is 5.02 Å². The second-order valence-electron chi connectivity index (χ2n) is 4.27. The van der Waals surface area contributed by atoms with Crippen molar-refractivity contribution in [2.24, 2.45) is 0 Å². The van der Waals surface area contributed by atoms with Crippen LogP contribution in [0.15, 0.2) is 22.9 Å². The number of ether oxygens (including phenoxy) is 2. The number of benzene rings is 1. The molecular formula is C14H15ClN2O4. The lowest BCUT2D eigenvalue weighted by Crippen LogP contribution is -2.15. The van der Waals surface area contributed by atoms with Gasteiger partial charge in [-0.25, -0.2) is 4.98 Å². The van der Waals surface area contributed by atoms with Crippen molar-refractivity contribution >= 4 is 23.2 Å². The van der Waals surface area contributed by atoms with Gasteiger partial charge in [0.05, 0.1) is 37.0 Å². The van der Waals surface area contributed by atoms with E-state index in [0.29, 0.717) is 33.7 Å². The van der Waals surface area contributed by atoms with Crippen LogP contribution in [0.5, 0.6) is 11.5 Å². The summed E-state index contributed by atoms with van der Waals surface area (Å²) in [5, 5.41) is 3.14. The number of aryl methyl sites for hydroxylation is 1. The van der Waals surface area contributed by atoms with Gasteiger partial charge in [-0.05, 0) is 6.92 Å². The largest absolute Gasteiger partial charge is 0.495 e. The molecule has 0 saturated carbocycles. The van der Waals surface area contributed by atoms with Gasteiger partial charge in [0.15, 0.2) is 6.39 Å². The van der Waals surface area contributed by atoms with E-state index in [1.165, 1.54) is 20.6 Å². The fraction of sp³-hybridized carbons (Fsp3) is 0.286. The zero-order chi connectivity index (χ0) is 15.4. The number of hydrogen-bond acceptors (Lipinski definition) is 5. The number of rotatable bonds is 5. The van der Waals surface area contributed by atoms with E-state index in [4.69, 9.17) is 25.5 Å². The molecule has 21 heavy (non-hydrogen) atoms. The molecule has 0 unspecified atom stereocenters. The number of nitrogens with one attached hydrogen (secondary N) is 1. The molecule has 0 spiro atoms. The van der Waals surface area contributed by atoms with Gasteiger partial charge in [-0.3, -0.25) is 4.79 Å². The van der Waals surface area contributed by atoms with E-state index in [-0.39, 0.29) is 12.3 Å². The van der Waals surface area contributed by atoms with Gasteiger partial charge in [0.25, 0.3) is 0 Å². The van der Waals surface area contributed by atoms with Crippen LogP contribution in [-0.2, 0) is 11.2 Å². The first kappa shape index (κ1) is 15.2. The first-order valence-electron chi connectivity index (χ1n) is 6.15. The van der Waals surface area contributed by atoms with Gasteiger partial charge in [0, 0.05) is 12.1 Å². The van der Waals surface area contributed by atoms with E-state index in [1.807, 2.05) is 0 Å².